The molecule has 0 unspecified atom stereocenters. The van der Waals surface area contributed by atoms with E-state index in [9.17, 15) is 9.59 Å². The van der Waals surface area contributed by atoms with Crippen molar-refractivity contribution in [3.8, 4) is 5.75 Å². The second kappa shape index (κ2) is 6.83. The Labute approximate surface area is 138 Å². The first-order chi connectivity index (χ1) is 11.6. The maximum Gasteiger partial charge on any atom is 0.335 e. The number of rotatable bonds is 5. The summed E-state index contributed by atoms with van der Waals surface area (Å²) in [4.78, 5) is 23.0. The number of anilines is 1. The SMILES string of the molecule is O=C(COc1cccc2ccccc12)Nc1cccc(C(=O)O)c1. The van der Waals surface area contributed by atoms with E-state index in [4.69, 9.17) is 9.84 Å². The first kappa shape index (κ1) is 15.6. The maximum atomic E-state index is 12.0. The molecule has 0 aliphatic rings. The highest BCUT2D eigenvalue weighted by atomic mass is 16.5. The van der Waals surface area contributed by atoms with Gasteiger partial charge < -0.3 is 15.2 Å². The molecule has 5 nitrogen and oxygen atoms in total. The topological polar surface area (TPSA) is 75.6 Å². The molecule has 0 aromatic heterocycles. The molecule has 0 saturated carbocycles. The Morgan fingerprint density at radius 2 is 1.71 bits per heavy atom. The van der Waals surface area contributed by atoms with Crippen molar-refractivity contribution in [2.45, 2.75) is 0 Å². The van der Waals surface area contributed by atoms with E-state index in [-0.39, 0.29) is 18.1 Å². The molecule has 0 aliphatic heterocycles. The van der Waals surface area contributed by atoms with Crippen molar-refractivity contribution < 1.29 is 19.4 Å². The summed E-state index contributed by atoms with van der Waals surface area (Å²) < 4.78 is 5.60. The zero-order valence-corrected chi connectivity index (χ0v) is 12.7. The highest BCUT2D eigenvalue weighted by Gasteiger charge is 2.08. The Morgan fingerprint density at radius 1 is 0.958 bits per heavy atom. The van der Waals surface area contributed by atoms with Crippen LogP contribution in [0.1, 0.15) is 10.4 Å². The van der Waals surface area contributed by atoms with Crippen LogP contribution in [-0.2, 0) is 4.79 Å². The summed E-state index contributed by atoms with van der Waals surface area (Å²) in [6.07, 6.45) is 0. The van der Waals surface area contributed by atoms with E-state index < -0.39 is 5.97 Å². The third-order valence-corrected chi connectivity index (χ3v) is 3.50. The number of amides is 1. The Hall–Kier alpha value is -3.34. The molecule has 24 heavy (non-hydrogen) atoms. The zero-order valence-electron chi connectivity index (χ0n) is 12.7. The number of carboxylic acids is 1. The number of benzene rings is 3. The van der Waals surface area contributed by atoms with Gasteiger partial charge in [-0.25, -0.2) is 4.79 Å². The molecular formula is C19H15NO4. The summed E-state index contributed by atoms with van der Waals surface area (Å²) in [6.45, 7) is -0.161. The van der Waals surface area contributed by atoms with Gasteiger partial charge in [0, 0.05) is 11.1 Å². The average Bonchev–Trinajstić information content (AvgIpc) is 2.60. The summed E-state index contributed by atoms with van der Waals surface area (Å²) in [6, 6.07) is 19.5. The van der Waals surface area contributed by atoms with Gasteiger partial charge in [-0.3, -0.25) is 4.79 Å². The minimum Gasteiger partial charge on any atom is -0.483 e. The molecule has 0 atom stereocenters. The fraction of sp³-hybridized carbons (Fsp3) is 0.0526. The highest BCUT2D eigenvalue weighted by molar-refractivity contribution is 5.95. The lowest BCUT2D eigenvalue weighted by atomic mass is 10.1. The highest BCUT2D eigenvalue weighted by Crippen LogP contribution is 2.25. The Kier molecular flexibility index (Phi) is 4.43. The van der Waals surface area contributed by atoms with Crippen LogP contribution < -0.4 is 10.1 Å². The molecule has 0 radical (unpaired) electrons. The summed E-state index contributed by atoms with van der Waals surface area (Å²) in [7, 11) is 0. The summed E-state index contributed by atoms with van der Waals surface area (Å²) in [5.41, 5.74) is 0.532. The van der Waals surface area contributed by atoms with Crippen molar-refractivity contribution >= 4 is 28.3 Å². The number of hydrogen-bond donors (Lipinski definition) is 2. The Bertz CT molecular complexity index is 899. The number of fused-ring (bicyclic) bond motifs is 1. The molecule has 0 saturated heterocycles. The quantitative estimate of drug-likeness (QED) is 0.753. The smallest absolute Gasteiger partial charge is 0.335 e. The third kappa shape index (κ3) is 3.52. The molecule has 0 spiro atoms. The van der Waals surface area contributed by atoms with Crippen molar-refractivity contribution in [1.29, 1.82) is 0 Å². The minimum absolute atomic E-state index is 0.114. The van der Waals surface area contributed by atoms with Gasteiger partial charge >= 0.3 is 5.97 Å². The van der Waals surface area contributed by atoms with Crippen LogP contribution in [0.2, 0.25) is 0 Å². The molecule has 5 heteroatoms. The summed E-state index contributed by atoms with van der Waals surface area (Å²) >= 11 is 0. The largest absolute Gasteiger partial charge is 0.483 e. The van der Waals surface area contributed by atoms with Gasteiger partial charge in [-0.2, -0.15) is 0 Å². The second-order valence-electron chi connectivity index (χ2n) is 5.20. The van der Waals surface area contributed by atoms with E-state index in [0.717, 1.165) is 10.8 Å². The predicted octanol–water partition coefficient (Wildman–Crippen LogP) is 3.56. The van der Waals surface area contributed by atoms with Crippen LogP contribution in [0.15, 0.2) is 66.7 Å². The fourth-order valence-corrected chi connectivity index (χ4v) is 2.39. The number of nitrogens with one attached hydrogen (secondary N) is 1. The molecule has 2 N–H and O–H groups in total. The molecule has 3 rings (SSSR count). The van der Waals surface area contributed by atoms with Crippen LogP contribution in [0.4, 0.5) is 5.69 Å². The maximum absolute atomic E-state index is 12.0. The first-order valence-electron chi connectivity index (χ1n) is 7.37. The second-order valence-corrected chi connectivity index (χ2v) is 5.20. The first-order valence-corrected chi connectivity index (χ1v) is 7.37. The number of carbonyl (C=O) groups excluding carboxylic acids is 1. The Morgan fingerprint density at radius 3 is 2.54 bits per heavy atom. The monoisotopic (exact) mass is 321 g/mol. The van der Waals surface area contributed by atoms with Gasteiger partial charge in [-0.05, 0) is 29.7 Å². The van der Waals surface area contributed by atoms with Gasteiger partial charge in [-0.15, -0.1) is 0 Å². The molecule has 0 bridgehead atoms. The van der Waals surface area contributed by atoms with Crippen molar-refractivity contribution in [3.05, 3.63) is 72.3 Å². The van der Waals surface area contributed by atoms with Gasteiger partial charge in [0.1, 0.15) is 5.75 Å². The average molecular weight is 321 g/mol. The molecule has 0 aliphatic carbocycles. The van der Waals surface area contributed by atoms with Crippen LogP contribution in [0.3, 0.4) is 0 Å². The van der Waals surface area contributed by atoms with Gasteiger partial charge in [-0.1, -0.05) is 42.5 Å². The van der Waals surface area contributed by atoms with E-state index in [0.29, 0.717) is 11.4 Å². The van der Waals surface area contributed by atoms with Crippen molar-refractivity contribution in [1.82, 2.24) is 0 Å². The molecule has 1 amide bonds. The van der Waals surface area contributed by atoms with E-state index >= 15 is 0 Å². The third-order valence-electron chi connectivity index (χ3n) is 3.50. The molecule has 3 aromatic carbocycles. The molecular weight excluding hydrogens is 306 g/mol. The fourth-order valence-electron chi connectivity index (χ4n) is 2.39. The van der Waals surface area contributed by atoms with E-state index in [2.05, 4.69) is 5.32 Å². The van der Waals surface area contributed by atoms with Gasteiger partial charge in [0.2, 0.25) is 0 Å². The molecule has 0 heterocycles. The number of carboxylic acid groups (broad SMARTS) is 1. The lowest BCUT2D eigenvalue weighted by Crippen LogP contribution is -2.20. The summed E-state index contributed by atoms with van der Waals surface area (Å²) in [5.74, 6) is -0.772. The van der Waals surface area contributed by atoms with Crippen molar-refractivity contribution in [3.63, 3.8) is 0 Å². The zero-order chi connectivity index (χ0) is 16.9. The number of hydrogen-bond acceptors (Lipinski definition) is 3. The van der Waals surface area contributed by atoms with E-state index in [1.807, 2.05) is 36.4 Å². The standard InChI is InChI=1S/C19H15NO4/c21-18(20-15-8-3-7-14(11-15)19(22)23)12-24-17-10-4-6-13-5-1-2-9-16(13)17/h1-11H,12H2,(H,20,21)(H,22,23). The number of carbonyl (C=O) groups is 2. The van der Waals surface area contributed by atoms with E-state index in [1.165, 1.54) is 12.1 Å². The van der Waals surface area contributed by atoms with Crippen LogP contribution in [-0.4, -0.2) is 23.6 Å². The van der Waals surface area contributed by atoms with Gasteiger partial charge in [0.05, 0.1) is 5.56 Å². The van der Waals surface area contributed by atoms with Crippen LogP contribution in [0, 0.1) is 0 Å². The molecule has 0 fully saturated rings. The van der Waals surface area contributed by atoms with Crippen LogP contribution >= 0.6 is 0 Å². The molecule has 120 valence electrons. The molecule has 3 aromatic rings. The van der Waals surface area contributed by atoms with E-state index in [1.54, 1.807) is 18.2 Å². The number of aromatic carboxylic acids is 1. The number of ether oxygens (including phenoxy) is 1. The van der Waals surface area contributed by atoms with Crippen molar-refractivity contribution in [2.75, 3.05) is 11.9 Å². The van der Waals surface area contributed by atoms with Crippen molar-refractivity contribution in [2.24, 2.45) is 0 Å². The Balaban J connectivity index is 1.67. The van der Waals surface area contributed by atoms with Gasteiger partial charge in [0.15, 0.2) is 6.61 Å². The lowest BCUT2D eigenvalue weighted by molar-refractivity contribution is -0.118. The predicted molar refractivity (Wildman–Crippen MR) is 91.5 cm³/mol. The normalized spacial score (nSPS) is 10.3. The lowest BCUT2D eigenvalue weighted by Gasteiger charge is -2.10. The summed E-state index contributed by atoms with van der Waals surface area (Å²) in [5, 5.41) is 13.6. The van der Waals surface area contributed by atoms with Crippen LogP contribution in [0.25, 0.3) is 10.8 Å². The van der Waals surface area contributed by atoms with Crippen LogP contribution in [0.5, 0.6) is 5.75 Å². The minimum atomic E-state index is -1.04. The van der Waals surface area contributed by atoms with Gasteiger partial charge in [0.25, 0.3) is 5.91 Å².